The summed E-state index contributed by atoms with van der Waals surface area (Å²) in [5, 5.41) is 15.3. The molecule has 0 amide bonds. The zero-order valence-electron chi connectivity index (χ0n) is 22.3. The maximum absolute atomic E-state index is 13.9. The van der Waals surface area contributed by atoms with Gasteiger partial charge in [-0.2, -0.15) is 5.10 Å². The molecule has 0 spiro atoms. The number of aromatic nitrogens is 7. The van der Waals surface area contributed by atoms with E-state index in [2.05, 4.69) is 47.3 Å². The van der Waals surface area contributed by atoms with Crippen LogP contribution in [0.5, 0.6) is 0 Å². The van der Waals surface area contributed by atoms with Crippen molar-refractivity contribution in [2.45, 2.75) is 19.3 Å². The lowest BCUT2D eigenvalue weighted by molar-refractivity contribution is 0.373. The standard InChI is InChI=1S/C31H28FN9/c1-18(9-19-5-7-33-8-6-19)37-23-11-21(13-34-14-23)26-12-24-27(17-36-26)40-41-30(24)31-38-28-16-35-15-25(29(28)39-31)20-3-2-4-22(32)10-20/h2-4,10-17,19,33,37H,1,5-9H2,(H,38,39)(H,40,41). The first-order valence-corrected chi connectivity index (χ1v) is 13.7. The van der Waals surface area contributed by atoms with Crippen molar-refractivity contribution in [2.75, 3.05) is 18.4 Å². The Kier molecular flexibility index (Phi) is 6.44. The summed E-state index contributed by atoms with van der Waals surface area (Å²) in [5.74, 6) is 0.917. The van der Waals surface area contributed by atoms with E-state index in [9.17, 15) is 4.39 Å². The molecular weight excluding hydrogens is 517 g/mol. The maximum Gasteiger partial charge on any atom is 0.159 e. The van der Waals surface area contributed by atoms with Crippen molar-refractivity contribution in [1.82, 2.24) is 40.4 Å². The Morgan fingerprint density at radius 2 is 1.85 bits per heavy atom. The van der Waals surface area contributed by atoms with Crippen LogP contribution >= 0.6 is 0 Å². The Labute approximate surface area is 235 Å². The van der Waals surface area contributed by atoms with Crippen molar-refractivity contribution in [2.24, 2.45) is 5.92 Å². The van der Waals surface area contributed by atoms with Crippen molar-refractivity contribution in [3.05, 3.63) is 85.5 Å². The molecule has 7 rings (SSSR count). The van der Waals surface area contributed by atoms with Gasteiger partial charge in [-0.15, -0.1) is 0 Å². The van der Waals surface area contributed by atoms with E-state index in [1.54, 1.807) is 37.1 Å². The Hall–Kier alpha value is -4.96. The lowest BCUT2D eigenvalue weighted by Gasteiger charge is -2.23. The predicted molar refractivity (Wildman–Crippen MR) is 158 cm³/mol. The van der Waals surface area contributed by atoms with Gasteiger partial charge in [0.15, 0.2) is 5.82 Å². The van der Waals surface area contributed by atoms with Gasteiger partial charge in [-0.1, -0.05) is 18.7 Å². The molecule has 10 heteroatoms. The number of piperidine rings is 1. The number of anilines is 1. The van der Waals surface area contributed by atoms with Crippen LogP contribution in [0.15, 0.2) is 79.7 Å². The van der Waals surface area contributed by atoms with Gasteiger partial charge in [0.05, 0.1) is 46.5 Å². The number of H-pyrrole nitrogens is 2. The summed E-state index contributed by atoms with van der Waals surface area (Å²) in [4.78, 5) is 21.6. The van der Waals surface area contributed by atoms with E-state index in [1.165, 1.54) is 25.0 Å². The fraction of sp³-hybridized carbons (Fsp3) is 0.194. The summed E-state index contributed by atoms with van der Waals surface area (Å²) >= 11 is 0. The highest BCUT2D eigenvalue weighted by Gasteiger charge is 2.18. The molecule has 0 saturated carbocycles. The molecular formula is C31H28FN9. The van der Waals surface area contributed by atoms with E-state index in [4.69, 9.17) is 4.98 Å². The molecule has 6 aromatic rings. The summed E-state index contributed by atoms with van der Waals surface area (Å²) in [6, 6.07) is 10.4. The number of aromatic amines is 2. The van der Waals surface area contributed by atoms with E-state index in [-0.39, 0.29) is 5.82 Å². The number of imidazole rings is 1. The quantitative estimate of drug-likeness (QED) is 0.192. The summed E-state index contributed by atoms with van der Waals surface area (Å²) in [5.41, 5.74) is 7.83. The van der Waals surface area contributed by atoms with Gasteiger partial charge in [0.2, 0.25) is 0 Å². The smallest absolute Gasteiger partial charge is 0.159 e. The van der Waals surface area contributed by atoms with Crippen molar-refractivity contribution < 1.29 is 4.39 Å². The highest BCUT2D eigenvalue weighted by atomic mass is 19.1. The van der Waals surface area contributed by atoms with Gasteiger partial charge in [-0.25, -0.2) is 9.37 Å². The minimum Gasteiger partial charge on any atom is -0.358 e. The molecule has 41 heavy (non-hydrogen) atoms. The van der Waals surface area contributed by atoms with Crippen LogP contribution < -0.4 is 10.6 Å². The molecule has 4 N–H and O–H groups in total. The second-order valence-corrected chi connectivity index (χ2v) is 10.5. The second-order valence-electron chi connectivity index (χ2n) is 10.5. The van der Waals surface area contributed by atoms with E-state index >= 15 is 0 Å². The number of allylic oxidation sites excluding steroid dienone is 1. The summed E-state index contributed by atoms with van der Waals surface area (Å²) in [6.07, 6.45) is 12.1. The maximum atomic E-state index is 13.9. The molecule has 204 valence electrons. The molecule has 9 nitrogen and oxygen atoms in total. The molecule has 0 bridgehead atoms. The van der Waals surface area contributed by atoms with Crippen LogP contribution in [0.2, 0.25) is 0 Å². The first-order chi connectivity index (χ1) is 20.1. The van der Waals surface area contributed by atoms with Crippen LogP contribution in [0, 0.1) is 11.7 Å². The molecule has 0 radical (unpaired) electrons. The van der Waals surface area contributed by atoms with Crippen LogP contribution in [0.25, 0.3) is 55.8 Å². The third kappa shape index (κ3) is 5.05. The van der Waals surface area contributed by atoms with Gasteiger partial charge in [-0.3, -0.25) is 20.1 Å². The normalized spacial score (nSPS) is 14.1. The topological polar surface area (TPSA) is 120 Å². The summed E-state index contributed by atoms with van der Waals surface area (Å²) in [6.45, 7) is 6.39. The highest BCUT2D eigenvalue weighted by molar-refractivity contribution is 5.97. The van der Waals surface area contributed by atoms with E-state index < -0.39 is 0 Å². The van der Waals surface area contributed by atoms with Crippen LogP contribution in [0.3, 0.4) is 0 Å². The van der Waals surface area contributed by atoms with Crippen molar-refractivity contribution in [3.8, 4) is 33.9 Å². The fourth-order valence-corrected chi connectivity index (χ4v) is 5.51. The SMILES string of the molecule is C=C(CC1CCNCC1)Nc1cncc(-c2cc3c(-c4nc5c(-c6cccc(F)c6)cncc5[nH]4)n[nH]c3cn2)c1. The monoisotopic (exact) mass is 545 g/mol. The number of pyridine rings is 3. The molecule has 1 aliphatic rings. The van der Waals surface area contributed by atoms with Crippen LogP contribution in [-0.2, 0) is 0 Å². The molecule has 1 fully saturated rings. The Bertz CT molecular complexity index is 1880. The second kappa shape index (κ2) is 10.5. The number of fused-ring (bicyclic) bond motifs is 2. The summed E-state index contributed by atoms with van der Waals surface area (Å²) < 4.78 is 13.9. The van der Waals surface area contributed by atoms with Crippen LogP contribution in [0.1, 0.15) is 19.3 Å². The van der Waals surface area contributed by atoms with Gasteiger partial charge in [0, 0.05) is 34.6 Å². The molecule has 0 aliphatic carbocycles. The molecule has 5 aromatic heterocycles. The van der Waals surface area contributed by atoms with Gasteiger partial charge in [-0.05, 0) is 68.1 Å². The lowest BCUT2D eigenvalue weighted by atomic mass is 9.93. The minimum absolute atomic E-state index is 0.312. The number of nitrogens with one attached hydrogen (secondary N) is 4. The fourth-order valence-electron chi connectivity index (χ4n) is 5.51. The first-order valence-electron chi connectivity index (χ1n) is 13.7. The molecule has 0 unspecified atom stereocenters. The number of hydrogen-bond acceptors (Lipinski definition) is 7. The van der Waals surface area contributed by atoms with Gasteiger partial charge >= 0.3 is 0 Å². The number of nitrogens with zero attached hydrogens (tertiary/aromatic N) is 5. The minimum atomic E-state index is -0.312. The molecule has 6 heterocycles. The summed E-state index contributed by atoms with van der Waals surface area (Å²) in [7, 11) is 0. The van der Waals surface area contributed by atoms with Crippen molar-refractivity contribution >= 4 is 27.6 Å². The molecule has 1 saturated heterocycles. The van der Waals surface area contributed by atoms with Crippen LogP contribution in [0.4, 0.5) is 10.1 Å². The third-order valence-corrected chi connectivity index (χ3v) is 7.55. The van der Waals surface area contributed by atoms with Crippen molar-refractivity contribution in [1.29, 1.82) is 0 Å². The van der Waals surface area contributed by atoms with Crippen LogP contribution in [-0.4, -0.2) is 48.2 Å². The van der Waals surface area contributed by atoms with E-state index in [0.29, 0.717) is 28.5 Å². The Morgan fingerprint density at radius 3 is 2.73 bits per heavy atom. The largest absolute Gasteiger partial charge is 0.358 e. The number of hydrogen-bond donors (Lipinski definition) is 4. The van der Waals surface area contributed by atoms with Gasteiger partial charge < -0.3 is 15.6 Å². The van der Waals surface area contributed by atoms with E-state index in [0.717, 1.165) is 64.1 Å². The van der Waals surface area contributed by atoms with Gasteiger partial charge in [0.25, 0.3) is 0 Å². The zero-order valence-corrected chi connectivity index (χ0v) is 22.3. The third-order valence-electron chi connectivity index (χ3n) is 7.55. The zero-order chi connectivity index (χ0) is 27.8. The average molecular weight is 546 g/mol. The highest BCUT2D eigenvalue weighted by Crippen LogP contribution is 2.32. The Balaban J connectivity index is 1.19. The molecule has 1 aromatic carbocycles. The lowest BCUT2D eigenvalue weighted by Crippen LogP contribution is -2.28. The molecule has 1 aliphatic heterocycles. The predicted octanol–water partition coefficient (Wildman–Crippen LogP) is 6.08. The number of halogens is 1. The average Bonchev–Trinajstić information content (AvgIpc) is 3.61. The molecule has 0 atom stereocenters. The first kappa shape index (κ1) is 25.0. The number of benzene rings is 1. The Morgan fingerprint density at radius 1 is 0.976 bits per heavy atom. The van der Waals surface area contributed by atoms with E-state index in [1.807, 2.05) is 18.2 Å². The van der Waals surface area contributed by atoms with Gasteiger partial charge in [0.1, 0.15) is 11.5 Å². The number of rotatable bonds is 7. The van der Waals surface area contributed by atoms with Crippen molar-refractivity contribution in [3.63, 3.8) is 0 Å².